The van der Waals surface area contributed by atoms with E-state index in [0.29, 0.717) is 23.9 Å². The van der Waals surface area contributed by atoms with Gasteiger partial charge in [0.2, 0.25) is 0 Å². The van der Waals surface area contributed by atoms with Gasteiger partial charge in [0.05, 0.1) is 10.6 Å². The first-order valence-electron chi connectivity index (χ1n) is 7.45. The van der Waals surface area contributed by atoms with E-state index in [2.05, 4.69) is 24.1 Å². The van der Waals surface area contributed by atoms with Gasteiger partial charge in [0, 0.05) is 19.8 Å². The smallest absolute Gasteiger partial charge is 0.263 e. The van der Waals surface area contributed by atoms with Crippen LogP contribution in [0.2, 0.25) is 0 Å². The lowest BCUT2D eigenvalue weighted by Crippen LogP contribution is -2.25. The van der Waals surface area contributed by atoms with Crippen molar-refractivity contribution in [3.05, 3.63) is 28.1 Å². The molecule has 0 aliphatic carbocycles. The minimum Gasteiger partial charge on any atom is -0.381 e. The molecular formula is C16H22N2O2S2. The van der Waals surface area contributed by atoms with Gasteiger partial charge in [-0.3, -0.25) is 4.79 Å². The summed E-state index contributed by atoms with van der Waals surface area (Å²) >= 11 is 3.09. The highest BCUT2D eigenvalue weighted by Gasteiger charge is 2.16. The van der Waals surface area contributed by atoms with Crippen LogP contribution in [0.5, 0.6) is 0 Å². The maximum atomic E-state index is 12.2. The van der Waals surface area contributed by atoms with E-state index in [4.69, 9.17) is 4.74 Å². The number of nitrogens with zero attached hydrogens (tertiary/aromatic N) is 1. The van der Waals surface area contributed by atoms with Crippen LogP contribution in [0.3, 0.4) is 0 Å². The van der Waals surface area contributed by atoms with E-state index in [0.717, 1.165) is 28.6 Å². The van der Waals surface area contributed by atoms with Gasteiger partial charge < -0.3 is 10.1 Å². The molecule has 2 aromatic heterocycles. The van der Waals surface area contributed by atoms with Crippen molar-refractivity contribution in [2.75, 3.05) is 19.8 Å². The molecule has 1 N–H and O–H groups in total. The molecule has 0 aliphatic heterocycles. The molecule has 0 saturated carbocycles. The Balaban J connectivity index is 1.80. The van der Waals surface area contributed by atoms with Gasteiger partial charge in [0.1, 0.15) is 9.88 Å². The van der Waals surface area contributed by atoms with Crippen molar-refractivity contribution in [1.29, 1.82) is 0 Å². The Morgan fingerprint density at radius 1 is 1.45 bits per heavy atom. The fraction of sp³-hybridized carbons (Fsp3) is 0.500. The molecule has 4 nitrogen and oxygen atoms in total. The largest absolute Gasteiger partial charge is 0.381 e. The lowest BCUT2D eigenvalue weighted by atomic mass is 10.2. The number of carbonyl (C=O) groups is 1. The Bertz CT molecular complexity index is 591. The SMILES string of the molecule is Cc1nc(-c2cccs2)sc1C(=O)NCCCOCC(C)C. The topological polar surface area (TPSA) is 51.2 Å². The average molecular weight is 338 g/mol. The third-order valence-corrected chi connectivity index (χ3v) is 5.13. The van der Waals surface area contributed by atoms with Crippen LogP contribution >= 0.6 is 22.7 Å². The minimum atomic E-state index is -0.0401. The highest BCUT2D eigenvalue weighted by molar-refractivity contribution is 7.22. The molecule has 2 aromatic rings. The second-order valence-electron chi connectivity index (χ2n) is 5.49. The fourth-order valence-electron chi connectivity index (χ4n) is 1.89. The summed E-state index contributed by atoms with van der Waals surface area (Å²) in [5, 5.41) is 5.87. The summed E-state index contributed by atoms with van der Waals surface area (Å²) in [5.41, 5.74) is 0.793. The van der Waals surface area contributed by atoms with Crippen LogP contribution in [0, 0.1) is 12.8 Å². The molecule has 0 radical (unpaired) electrons. The summed E-state index contributed by atoms with van der Waals surface area (Å²) in [5.74, 6) is 0.506. The second kappa shape index (κ2) is 8.41. The first-order valence-corrected chi connectivity index (χ1v) is 9.14. The Kier molecular flexibility index (Phi) is 6.54. The number of ether oxygens (including phenoxy) is 1. The monoisotopic (exact) mass is 338 g/mol. The van der Waals surface area contributed by atoms with E-state index in [-0.39, 0.29) is 5.91 Å². The van der Waals surface area contributed by atoms with Gasteiger partial charge in [0.15, 0.2) is 0 Å². The molecule has 0 fully saturated rings. The molecule has 22 heavy (non-hydrogen) atoms. The standard InChI is InChI=1S/C16H22N2O2S2/c1-11(2)10-20-8-5-7-17-15(19)14-12(3)18-16(22-14)13-6-4-9-21-13/h4,6,9,11H,5,7-8,10H2,1-3H3,(H,17,19). The number of carbonyl (C=O) groups excluding carboxylic acids is 1. The zero-order chi connectivity index (χ0) is 15.9. The van der Waals surface area contributed by atoms with E-state index in [1.165, 1.54) is 11.3 Å². The number of amides is 1. The molecule has 0 aromatic carbocycles. The van der Waals surface area contributed by atoms with E-state index >= 15 is 0 Å². The summed E-state index contributed by atoms with van der Waals surface area (Å²) < 4.78 is 5.50. The van der Waals surface area contributed by atoms with Gasteiger partial charge in [-0.25, -0.2) is 4.98 Å². The Morgan fingerprint density at radius 2 is 2.27 bits per heavy atom. The molecule has 2 rings (SSSR count). The number of aryl methyl sites for hydroxylation is 1. The van der Waals surface area contributed by atoms with E-state index in [1.54, 1.807) is 11.3 Å². The number of aromatic nitrogens is 1. The Morgan fingerprint density at radius 3 is 2.95 bits per heavy atom. The first kappa shape index (κ1) is 17.1. The Hall–Kier alpha value is -1.24. The van der Waals surface area contributed by atoms with Crippen molar-refractivity contribution in [3.63, 3.8) is 0 Å². The molecule has 0 bridgehead atoms. The summed E-state index contributed by atoms with van der Waals surface area (Å²) in [6.07, 6.45) is 0.827. The second-order valence-corrected chi connectivity index (χ2v) is 7.44. The molecule has 120 valence electrons. The van der Waals surface area contributed by atoms with Crippen LogP contribution in [0.15, 0.2) is 17.5 Å². The molecule has 0 aliphatic rings. The maximum Gasteiger partial charge on any atom is 0.263 e. The molecular weight excluding hydrogens is 316 g/mol. The number of hydrogen-bond acceptors (Lipinski definition) is 5. The summed E-state index contributed by atoms with van der Waals surface area (Å²) in [7, 11) is 0. The Labute approximate surface area is 139 Å². The predicted octanol–water partition coefficient (Wildman–Crippen LogP) is 3.97. The third-order valence-electron chi connectivity index (χ3n) is 2.94. The summed E-state index contributed by atoms with van der Waals surface area (Å²) in [4.78, 5) is 18.5. The zero-order valence-corrected chi connectivity index (χ0v) is 14.9. The highest BCUT2D eigenvalue weighted by atomic mass is 32.1. The lowest BCUT2D eigenvalue weighted by molar-refractivity contribution is 0.0928. The van der Waals surface area contributed by atoms with Crippen LogP contribution < -0.4 is 5.32 Å². The first-order chi connectivity index (χ1) is 10.6. The molecule has 6 heteroatoms. The van der Waals surface area contributed by atoms with Crippen molar-refractivity contribution in [2.24, 2.45) is 5.92 Å². The van der Waals surface area contributed by atoms with Gasteiger partial charge >= 0.3 is 0 Å². The molecule has 2 heterocycles. The molecule has 0 unspecified atom stereocenters. The van der Waals surface area contributed by atoms with E-state index in [9.17, 15) is 4.79 Å². The third kappa shape index (κ3) is 4.90. The van der Waals surface area contributed by atoms with Gasteiger partial charge in [-0.05, 0) is 30.7 Å². The minimum absolute atomic E-state index is 0.0401. The van der Waals surface area contributed by atoms with Crippen LogP contribution in [-0.4, -0.2) is 30.6 Å². The summed E-state index contributed by atoms with van der Waals surface area (Å²) in [6.45, 7) is 8.21. The zero-order valence-electron chi connectivity index (χ0n) is 13.2. The summed E-state index contributed by atoms with van der Waals surface area (Å²) in [6, 6.07) is 4.02. The van der Waals surface area contributed by atoms with Crippen LogP contribution in [-0.2, 0) is 4.74 Å². The predicted molar refractivity (Wildman–Crippen MR) is 92.8 cm³/mol. The van der Waals surface area contributed by atoms with Crippen LogP contribution in [0.25, 0.3) is 9.88 Å². The van der Waals surface area contributed by atoms with E-state index in [1.807, 2.05) is 24.4 Å². The molecule has 0 spiro atoms. The number of hydrogen-bond donors (Lipinski definition) is 1. The van der Waals surface area contributed by atoms with Gasteiger partial charge in [-0.15, -0.1) is 22.7 Å². The molecule has 0 atom stereocenters. The van der Waals surface area contributed by atoms with Gasteiger partial charge in [0.25, 0.3) is 5.91 Å². The normalized spacial score (nSPS) is 11.1. The lowest BCUT2D eigenvalue weighted by Gasteiger charge is -2.07. The maximum absolute atomic E-state index is 12.2. The number of thiazole rings is 1. The average Bonchev–Trinajstić information content (AvgIpc) is 3.11. The van der Waals surface area contributed by atoms with Crippen molar-refractivity contribution >= 4 is 28.6 Å². The van der Waals surface area contributed by atoms with Crippen molar-refractivity contribution < 1.29 is 9.53 Å². The highest BCUT2D eigenvalue weighted by Crippen LogP contribution is 2.30. The van der Waals surface area contributed by atoms with E-state index < -0.39 is 0 Å². The van der Waals surface area contributed by atoms with Gasteiger partial charge in [-0.2, -0.15) is 0 Å². The quantitative estimate of drug-likeness (QED) is 0.741. The van der Waals surface area contributed by atoms with Crippen molar-refractivity contribution in [2.45, 2.75) is 27.2 Å². The molecule has 0 saturated heterocycles. The van der Waals surface area contributed by atoms with Gasteiger partial charge in [-0.1, -0.05) is 19.9 Å². The van der Waals surface area contributed by atoms with Crippen LogP contribution in [0.4, 0.5) is 0 Å². The number of thiophene rings is 1. The fourth-order valence-corrected chi connectivity index (χ4v) is 3.67. The van der Waals surface area contributed by atoms with Crippen molar-refractivity contribution in [1.82, 2.24) is 10.3 Å². The van der Waals surface area contributed by atoms with Crippen molar-refractivity contribution in [3.8, 4) is 9.88 Å². The number of rotatable bonds is 8. The van der Waals surface area contributed by atoms with Crippen LogP contribution in [0.1, 0.15) is 35.6 Å². The number of nitrogens with one attached hydrogen (secondary N) is 1. The molecule has 1 amide bonds.